The maximum Gasteiger partial charge on any atom is 0.251 e. The molecule has 1 aromatic heterocycles. The summed E-state index contributed by atoms with van der Waals surface area (Å²) in [4.78, 5) is 12.0. The van der Waals surface area contributed by atoms with Crippen LogP contribution in [0.15, 0.2) is 39.5 Å². The molecule has 1 heterocycles. The van der Waals surface area contributed by atoms with Gasteiger partial charge < -0.3 is 5.32 Å². The summed E-state index contributed by atoms with van der Waals surface area (Å²) in [5.74, 6) is -0.0324. The third-order valence-corrected chi connectivity index (χ3v) is 4.14. The lowest BCUT2D eigenvalue weighted by molar-refractivity contribution is 0.0950. The fraction of sp³-hybridized carbons (Fsp3) is 0.154. The van der Waals surface area contributed by atoms with E-state index in [1.165, 1.54) is 0 Å². The number of hydrogen-bond acceptors (Lipinski definition) is 2. The lowest BCUT2D eigenvalue weighted by Gasteiger charge is -2.08. The fourth-order valence-corrected chi connectivity index (χ4v) is 2.56. The van der Waals surface area contributed by atoms with Gasteiger partial charge in [0.15, 0.2) is 0 Å². The van der Waals surface area contributed by atoms with Gasteiger partial charge in [-0.3, -0.25) is 4.79 Å². The first-order chi connectivity index (χ1) is 8.18. The van der Waals surface area contributed by atoms with Crippen LogP contribution in [-0.4, -0.2) is 5.91 Å². The van der Waals surface area contributed by atoms with Gasteiger partial charge in [0.1, 0.15) is 0 Å². The molecule has 2 aromatic rings. The summed E-state index contributed by atoms with van der Waals surface area (Å²) in [5.41, 5.74) is 2.82. The van der Waals surface area contributed by atoms with Crippen molar-refractivity contribution in [2.75, 3.05) is 0 Å². The van der Waals surface area contributed by atoms with Gasteiger partial charge in [-0.05, 0) is 47.0 Å². The number of carbonyl (C=O) groups excluding carboxylic acids is 1. The maximum atomic E-state index is 12.0. The summed E-state index contributed by atoms with van der Waals surface area (Å²) in [5, 5.41) is 6.96. The number of hydrogen-bond donors (Lipinski definition) is 1. The van der Waals surface area contributed by atoms with Crippen molar-refractivity contribution in [2.45, 2.75) is 13.5 Å². The SMILES string of the molecule is Cc1c(Br)cccc1C(=O)NCc1ccsc1. The molecule has 88 valence electrons. The fourth-order valence-electron chi connectivity index (χ4n) is 1.52. The van der Waals surface area contributed by atoms with Crippen molar-refractivity contribution >= 4 is 33.2 Å². The van der Waals surface area contributed by atoms with Crippen molar-refractivity contribution in [3.63, 3.8) is 0 Å². The van der Waals surface area contributed by atoms with E-state index in [-0.39, 0.29) is 5.91 Å². The van der Waals surface area contributed by atoms with Crippen LogP contribution >= 0.6 is 27.3 Å². The molecule has 17 heavy (non-hydrogen) atoms. The third kappa shape index (κ3) is 2.96. The van der Waals surface area contributed by atoms with Crippen molar-refractivity contribution in [2.24, 2.45) is 0 Å². The standard InChI is InChI=1S/C13H12BrNOS/c1-9-11(3-2-4-12(9)14)13(16)15-7-10-5-6-17-8-10/h2-6,8H,7H2,1H3,(H,15,16). The Labute approximate surface area is 113 Å². The summed E-state index contributed by atoms with van der Waals surface area (Å²) in [6.45, 7) is 2.51. The molecule has 1 N–H and O–H groups in total. The zero-order chi connectivity index (χ0) is 12.3. The van der Waals surface area contributed by atoms with E-state index in [1.54, 1.807) is 11.3 Å². The molecule has 1 aromatic carbocycles. The lowest BCUT2D eigenvalue weighted by Crippen LogP contribution is -2.23. The Kier molecular flexibility index (Phi) is 3.97. The highest BCUT2D eigenvalue weighted by molar-refractivity contribution is 9.10. The number of thiophene rings is 1. The molecule has 2 nitrogen and oxygen atoms in total. The highest BCUT2D eigenvalue weighted by Gasteiger charge is 2.10. The van der Waals surface area contributed by atoms with Crippen LogP contribution in [0.5, 0.6) is 0 Å². The van der Waals surface area contributed by atoms with Crippen LogP contribution in [-0.2, 0) is 6.54 Å². The maximum absolute atomic E-state index is 12.0. The van der Waals surface area contributed by atoms with Crippen LogP contribution < -0.4 is 5.32 Å². The number of rotatable bonds is 3. The number of amides is 1. The molecule has 0 aliphatic carbocycles. The minimum absolute atomic E-state index is 0.0324. The minimum Gasteiger partial charge on any atom is -0.348 e. The van der Waals surface area contributed by atoms with E-state index in [2.05, 4.69) is 21.2 Å². The van der Waals surface area contributed by atoms with Crippen LogP contribution in [0.2, 0.25) is 0 Å². The Hall–Kier alpha value is -1.13. The van der Waals surface area contributed by atoms with Gasteiger partial charge in [0.2, 0.25) is 0 Å². The van der Waals surface area contributed by atoms with Crippen LogP contribution in [0.4, 0.5) is 0 Å². The lowest BCUT2D eigenvalue weighted by atomic mass is 10.1. The van der Waals surface area contributed by atoms with Crippen molar-refractivity contribution in [1.29, 1.82) is 0 Å². The van der Waals surface area contributed by atoms with Gasteiger partial charge in [-0.2, -0.15) is 11.3 Å². The first-order valence-electron chi connectivity index (χ1n) is 5.23. The Morgan fingerprint density at radius 3 is 2.94 bits per heavy atom. The average Bonchev–Trinajstić information content (AvgIpc) is 2.82. The van der Waals surface area contributed by atoms with E-state index in [9.17, 15) is 4.79 Å². The summed E-state index contributed by atoms with van der Waals surface area (Å²) in [6, 6.07) is 7.66. The van der Waals surface area contributed by atoms with Crippen LogP contribution in [0.1, 0.15) is 21.5 Å². The molecule has 1 amide bonds. The molecular weight excluding hydrogens is 298 g/mol. The second kappa shape index (κ2) is 5.47. The quantitative estimate of drug-likeness (QED) is 0.919. The van der Waals surface area contributed by atoms with Gasteiger partial charge in [0, 0.05) is 16.6 Å². The molecule has 0 aliphatic heterocycles. The topological polar surface area (TPSA) is 29.1 Å². The number of nitrogens with one attached hydrogen (secondary N) is 1. The molecule has 4 heteroatoms. The van der Waals surface area contributed by atoms with E-state index >= 15 is 0 Å². The Morgan fingerprint density at radius 2 is 2.24 bits per heavy atom. The highest BCUT2D eigenvalue weighted by atomic mass is 79.9. The molecule has 0 fully saturated rings. The molecular formula is C13H12BrNOS. The van der Waals surface area contributed by atoms with E-state index in [1.807, 2.05) is 41.9 Å². The van der Waals surface area contributed by atoms with Crippen LogP contribution in [0, 0.1) is 6.92 Å². The average molecular weight is 310 g/mol. The Bertz CT molecular complexity index is 522. The predicted molar refractivity (Wildman–Crippen MR) is 74.4 cm³/mol. The van der Waals surface area contributed by atoms with E-state index in [4.69, 9.17) is 0 Å². The van der Waals surface area contributed by atoms with E-state index < -0.39 is 0 Å². The third-order valence-electron chi connectivity index (χ3n) is 2.55. The second-order valence-corrected chi connectivity index (χ2v) is 5.36. The summed E-state index contributed by atoms with van der Waals surface area (Å²) < 4.78 is 0.959. The van der Waals surface area contributed by atoms with E-state index in [0.29, 0.717) is 6.54 Å². The number of carbonyl (C=O) groups is 1. The van der Waals surface area contributed by atoms with Gasteiger partial charge >= 0.3 is 0 Å². The molecule has 0 saturated heterocycles. The molecule has 0 saturated carbocycles. The summed E-state index contributed by atoms with van der Waals surface area (Å²) in [7, 11) is 0. The predicted octanol–water partition coefficient (Wildman–Crippen LogP) is 3.75. The van der Waals surface area contributed by atoms with Gasteiger partial charge in [0.25, 0.3) is 5.91 Å². The Morgan fingerprint density at radius 1 is 1.41 bits per heavy atom. The first kappa shape index (κ1) is 12.3. The zero-order valence-corrected chi connectivity index (χ0v) is 11.8. The van der Waals surface area contributed by atoms with Gasteiger partial charge in [-0.1, -0.05) is 22.0 Å². The monoisotopic (exact) mass is 309 g/mol. The smallest absolute Gasteiger partial charge is 0.251 e. The molecule has 0 spiro atoms. The van der Waals surface area contributed by atoms with Crippen molar-refractivity contribution in [3.05, 3.63) is 56.2 Å². The largest absolute Gasteiger partial charge is 0.348 e. The molecule has 0 atom stereocenters. The van der Waals surface area contributed by atoms with Gasteiger partial charge in [0.05, 0.1) is 0 Å². The Balaban J connectivity index is 2.07. The first-order valence-corrected chi connectivity index (χ1v) is 6.96. The number of halogens is 1. The summed E-state index contributed by atoms with van der Waals surface area (Å²) in [6.07, 6.45) is 0. The van der Waals surface area contributed by atoms with Crippen LogP contribution in [0.25, 0.3) is 0 Å². The zero-order valence-electron chi connectivity index (χ0n) is 9.37. The van der Waals surface area contributed by atoms with Crippen molar-refractivity contribution in [1.82, 2.24) is 5.32 Å². The number of benzene rings is 1. The molecule has 0 unspecified atom stereocenters. The summed E-state index contributed by atoms with van der Waals surface area (Å²) >= 11 is 5.06. The molecule has 0 radical (unpaired) electrons. The highest BCUT2D eigenvalue weighted by Crippen LogP contribution is 2.19. The van der Waals surface area contributed by atoms with Crippen molar-refractivity contribution < 1.29 is 4.79 Å². The van der Waals surface area contributed by atoms with Gasteiger partial charge in [-0.15, -0.1) is 0 Å². The molecule has 0 bridgehead atoms. The van der Waals surface area contributed by atoms with Crippen LogP contribution in [0.3, 0.4) is 0 Å². The second-order valence-electron chi connectivity index (χ2n) is 3.73. The van der Waals surface area contributed by atoms with Gasteiger partial charge in [-0.25, -0.2) is 0 Å². The van der Waals surface area contributed by atoms with Crippen molar-refractivity contribution in [3.8, 4) is 0 Å². The normalized spacial score (nSPS) is 10.2. The molecule has 0 aliphatic rings. The minimum atomic E-state index is -0.0324. The van der Waals surface area contributed by atoms with E-state index in [0.717, 1.165) is 21.2 Å². The molecule has 2 rings (SSSR count).